The maximum atomic E-state index is 12.0. The highest BCUT2D eigenvalue weighted by Gasteiger charge is 2.14. The van der Waals surface area contributed by atoms with Gasteiger partial charge in [0.1, 0.15) is 6.04 Å². The number of para-hydroxylation sites is 1. The van der Waals surface area contributed by atoms with Gasteiger partial charge in [-0.2, -0.15) is 0 Å². The topological polar surface area (TPSA) is 73.6 Å². The largest absolute Gasteiger partial charge is 0.383 e. The molecule has 5 heteroatoms. The first-order chi connectivity index (χ1) is 11.2. The summed E-state index contributed by atoms with van der Waals surface area (Å²) in [6, 6.07) is 16.8. The zero-order chi connectivity index (χ0) is 16.5. The molecule has 0 aliphatic heterocycles. The van der Waals surface area contributed by atoms with Gasteiger partial charge < -0.3 is 20.5 Å². The number of nitrogens with one attached hydrogen (secondary N) is 1. The van der Waals surface area contributed by atoms with Crippen LogP contribution in [-0.2, 0) is 27.5 Å². The molecule has 0 saturated carbocycles. The molecule has 0 radical (unpaired) electrons. The van der Waals surface area contributed by atoms with Crippen LogP contribution in [0.1, 0.15) is 11.1 Å². The number of hydrogen-bond acceptors (Lipinski definition) is 4. The van der Waals surface area contributed by atoms with Crippen molar-refractivity contribution < 1.29 is 14.3 Å². The minimum atomic E-state index is -0.696. The highest BCUT2D eigenvalue weighted by molar-refractivity contribution is 5.95. The highest BCUT2D eigenvalue weighted by Crippen LogP contribution is 2.17. The Bertz CT molecular complexity index is 617. The maximum absolute atomic E-state index is 12.0. The molecule has 2 rings (SSSR count). The summed E-state index contributed by atoms with van der Waals surface area (Å²) in [6.45, 7) is 1.11. The Hall–Kier alpha value is -2.21. The lowest BCUT2D eigenvalue weighted by atomic mass is 10.1. The molecule has 0 saturated heterocycles. The standard InChI is InChI=1S/C18H22N2O3/c1-22-13-16(19)18(21)20-17-10-6-5-9-15(17)12-23-11-14-7-3-2-4-8-14/h2-10,16H,11-13,19H2,1H3,(H,20,21). The molecule has 1 atom stereocenters. The third-order valence-electron chi connectivity index (χ3n) is 3.33. The van der Waals surface area contributed by atoms with Gasteiger partial charge in [-0.05, 0) is 11.6 Å². The van der Waals surface area contributed by atoms with Crippen molar-refractivity contribution in [1.29, 1.82) is 0 Å². The highest BCUT2D eigenvalue weighted by atomic mass is 16.5. The molecule has 5 nitrogen and oxygen atoms in total. The van der Waals surface area contributed by atoms with Crippen LogP contribution in [0.15, 0.2) is 54.6 Å². The minimum absolute atomic E-state index is 0.179. The van der Waals surface area contributed by atoms with E-state index in [4.69, 9.17) is 15.2 Å². The molecule has 3 N–H and O–H groups in total. The average Bonchev–Trinajstić information content (AvgIpc) is 2.57. The third-order valence-corrected chi connectivity index (χ3v) is 3.33. The molecule has 122 valence electrons. The molecule has 0 aromatic heterocycles. The summed E-state index contributed by atoms with van der Waals surface area (Å²) in [7, 11) is 1.51. The molecule has 0 bridgehead atoms. The van der Waals surface area contributed by atoms with Gasteiger partial charge in [-0.15, -0.1) is 0 Å². The van der Waals surface area contributed by atoms with Crippen LogP contribution < -0.4 is 11.1 Å². The normalized spacial score (nSPS) is 11.9. The monoisotopic (exact) mass is 314 g/mol. The van der Waals surface area contributed by atoms with Crippen LogP contribution in [0.5, 0.6) is 0 Å². The van der Waals surface area contributed by atoms with Gasteiger partial charge in [0.15, 0.2) is 0 Å². The lowest BCUT2D eigenvalue weighted by Gasteiger charge is -2.14. The van der Waals surface area contributed by atoms with Crippen LogP contribution in [0.25, 0.3) is 0 Å². The van der Waals surface area contributed by atoms with Gasteiger partial charge in [-0.1, -0.05) is 48.5 Å². The van der Waals surface area contributed by atoms with E-state index in [0.29, 0.717) is 18.9 Å². The number of carbonyl (C=O) groups excluding carboxylic acids is 1. The molecule has 23 heavy (non-hydrogen) atoms. The number of amides is 1. The van der Waals surface area contributed by atoms with E-state index in [9.17, 15) is 4.79 Å². The summed E-state index contributed by atoms with van der Waals surface area (Å²) in [5, 5.41) is 2.82. The van der Waals surface area contributed by atoms with E-state index in [1.165, 1.54) is 7.11 Å². The lowest BCUT2D eigenvalue weighted by molar-refractivity contribution is -0.118. The average molecular weight is 314 g/mol. The van der Waals surface area contributed by atoms with E-state index in [1.54, 1.807) is 0 Å². The molecule has 1 unspecified atom stereocenters. The fourth-order valence-corrected chi connectivity index (χ4v) is 2.10. The Kier molecular flexibility index (Phi) is 6.75. The zero-order valence-corrected chi connectivity index (χ0v) is 13.2. The number of benzene rings is 2. The smallest absolute Gasteiger partial charge is 0.243 e. The van der Waals surface area contributed by atoms with E-state index < -0.39 is 6.04 Å². The Morgan fingerprint density at radius 2 is 1.78 bits per heavy atom. The molecular formula is C18H22N2O3. The number of ether oxygens (including phenoxy) is 2. The summed E-state index contributed by atoms with van der Waals surface area (Å²) in [4.78, 5) is 12.0. The number of hydrogen-bond donors (Lipinski definition) is 2. The van der Waals surface area contributed by atoms with Crippen LogP contribution in [0.4, 0.5) is 5.69 Å². The second-order valence-corrected chi connectivity index (χ2v) is 5.19. The summed E-state index contributed by atoms with van der Waals surface area (Å²) < 4.78 is 10.6. The van der Waals surface area contributed by atoms with Crippen LogP contribution in [-0.4, -0.2) is 25.7 Å². The first-order valence-corrected chi connectivity index (χ1v) is 7.45. The van der Waals surface area contributed by atoms with Crippen molar-refractivity contribution in [3.63, 3.8) is 0 Å². The van der Waals surface area contributed by atoms with Crippen LogP contribution in [0.2, 0.25) is 0 Å². The molecular weight excluding hydrogens is 292 g/mol. The van der Waals surface area contributed by atoms with Crippen molar-refractivity contribution in [2.75, 3.05) is 19.0 Å². The second-order valence-electron chi connectivity index (χ2n) is 5.19. The van der Waals surface area contributed by atoms with E-state index in [2.05, 4.69) is 5.32 Å². The number of carbonyl (C=O) groups is 1. The van der Waals surface area contributed by atoms with Gasteiger partial charge in [0, 0.05) is 18.4 Å². The van der Waals surface area contributed by atoms with Crippen molar-refractivity contribution >= 4 is 11.6 Å². The third kappa shape index (κ3) is 5.49. The number of rotatable bonds is 8. The van der Waals surface area contributed by atoms with E-state index in [1.807, 2.05) is 54.6 Å². The first-order valence-electron chi connectivity index (χ1n) is 7.45. The summed E-state index contributed by atoms with van der Waals surface area (Å²) in [5.74, 6) is -0.276. The van der Waals surface area contributed by atoms with Gasteiger partial charge >= 0.3 is 0 Å². The SMILES string of the molecule is COCC(N)C(=O)Nc1ccccc1COCc1ccccc1. The second kappa shape index (κ2) is 9.05. The van der Waals surface area contributed by atoms with Gasteiger partial charge in [-0.25, -0.2) is 0 Å². The van der Waals surface area contributed by atoms with Crippen molar-refractivity contribution in [3.05, 3.63) is 65.7 Å². The Morgan fingerprint density at radius 3 is 2.52 bits per heavy atom. The lowest BCUT2D eigenvalue weighted by Crippen LogP contribution is -2.39. The van der Waals surface area contributed by atoms with Gasteiger partial charge in [0.25, 0.3) is 0 Å². The number of methoxy groups -OCH3 is 1. The Labute approximate surface area is 136 Å². The molecule has 0 aliphatic carbocycles. The predicted molar refractivity (Wildman–Crippen MR) is 89.9 cm³/mol. The summed E-state index contributed by atoms with van der Waals surface area (Å²) >= 11 is 0. The van der Waals surface area contributed by atoms with Crippen LogP contribution in [0.3, 0.4) is 0 Å². The first kappa shape index (κ1) is 17.1. The van der Waals surface area contributed by atoms with E-state index in [-0.39, 0.29) is 12.5 Å². The predicted octanol–water partition coefficient (Wildman–Crippen LogP) is 2.32. The van der Waals surface area contributed by atoms with Crippen molar-refractivity contribution in [2.24, 2.45) is 5.73 Å². The minimum Gasteiger partial charge on any atom is -0.383 e. The summed E-state index contributed by atoms with van der Waals surface area (Å²) in [5.41, 5.74) is 8.45. The van der Waals surface area contributed by atoms with Crippen molar-refractivity contribution in [1.82, 2.24) is 0 Å². The fourth-order valence-electron chi connectivity index (χ4n) is 2.10. The van der Waals surface area contributed by atoms with Crippen molar-refractivity contribution in [3.8, 4) is 0 Å². The summed E-state index contributed by atoms with van der Waals surface area (Å²) in [6.07, 6.45) is 0. The fraction of sp³-hybridized carbons (Fsp3) is 0.278. The molecule has 0 aliphatic rings. The number of nitrogens with two attached hydrogens (primary N) is 1. The van der Waals surface area contributed by atoms with Gasteiger partial charge in [-0.3, -0.25) is 4.79 Å². The van der Waals surface area contributed by atoms with Crippen LogP contribution in [0, 0.1) is 0 Å². The molecule has 0 spiro atoms. The molecule has 1 amide bonds. The van der Waals surface area contributed by atoms with Gasteiger partial charge in [0.2, 0.25) is 5.91 Å². The molecule has 2 aromatic rings. The Balaban J connectivity index is 1.93. The Morgan fingerprint density at radius 1 is 1.09 bits per heavy atom. The van der Waals surface area contributed by atoms with Gasteiger partial charge in [0.05, 0.1) is 19.8 Å². The van der Waals surface area contributed by atoms with Crippen molar-refractivity contribution in [2.45, 2.75) is 19.3 Å². The zero-order valence-electron chi connectivity index (χ0n) is 13.2. The number of anilines is 1. The molecule has 0 fully saturated rings. The maximum Gasteiger partial charge on any atom is 0.243 e. The molecule has 2 aromatic carbocycles. The van der Waals surface area contributed by atoms with E-state index in [0.717, 1.165) is 11.1 Å². The quantitative estimate of drug-likeness (QED) is 0.784. The van der Waals surface area contributed by atoms with E-state index >= 15 is 0 Å². The van der Waals surface area contributed by atoms with Crippen LogP contribution >= 0.6 is 0 Å². The molecule has 0 heterocycles.